The van der Waals surface area contributed by atoms with Gasteiger partial charge in [0.15, 0.2) is 0 Å². The van der Waals surface area contributed by atoms with Gasteiger partial charge in [0.25, 0.3) is 0 Å². The second kappa shape index (κ2) is 3.06. The summed E-state index contributed by atoms with van der Waals surface area (Å²) in [6.45, 7) is 0. The lowest BCUT2D eigenvalue weighted by atomic mass is 9.96. The topological polar surface area (TPSA) is 50.1 Å². The van der Waals surface area contributed by atoms with Crippen molar-refractivity contribution < 1.29 is 9.53 Å². The van der Waals surface area contributed by atoms with Crippen molar-refractivity contribution in [2.45, 2.75) is 12.5 Å². The van der Waals surface area contributed by atoms with Crippen LogP contribution in [0.1, 0.15) is 6.42 Å². The van der Waals surface area contributed by atoms with Gasteiger partial charge in [-0.15, -0.1) is 0 Å². The molecule has 1 fully saturated rings. The van der Waals surface area contributed by atoms with Crippen LogP contribution in [0, 0.1) is 23.7 Å². The highest BCUT2D eigenvalue weighted by atomic mass is 16.5. The van der Waals surface area contributed by atoms with Crippen molar-refractivity contribution in [1.29, 1.82) is 5.26 Å². The lowest BCUT2D eigenvalue weighted by Gasteiger charge is -2.12. The van der Waals surface area contributed by atoms with E-state index in [1.807, 2.05) is 24.6 Å². The van der Waals surface area contributed by atoms with Crippen LogP contribution in [0.4, 0.5) is 0 Å². The predicted octanol–water partition coefficient (Wildman–Crippen LogP) is 1.14. The Bertz CT molecular complexity index is 335. The quantitative estimate of drug-likeness (QED) is 0.560. The molecule has 0 aromatic rings. The van der Waals surface area contributed by atoms with E-state index in [0.29, 0.717) is 0 Å². The Morgan fingerprint density at radius 2 is 2.38 bits per heavy atom. The molecule has 0 aromatic carbocycles. The number of cyclic esters (lactones) is 1. The number of rotatable bonds is 1. The first-order chi connectivity index (χ1) is 6.31. The van der Waals surface area contributed by atoms with Gasteiger partial charge < -0.3 is 4.74 Å². The third-order valence-electron chi connectivity index (χ3n) is 2.19. The van der Waals surface area contributed by atoms with Crippen molar-refractivity contribution in [3.8, 4) is 6.07 Å². The maximum Gasteiger partial charge on any atom is 0.307 e. The summed E-state index contributed by atoms with van der Waals surface area (Å²) in [6.07, 6.45) is 7.34. The molecular formula is C10H8NO2. The smallest absolute Gasteiger partial charge is 0.307 e. The number of carbonyl (C=O) groups is 1. The monoisotopic (exact) mass is 174 g/mol. The second-order valence-electron chi connectivity index (χ2n) is 3.07. The second-order valence-corrected chi connectivity index (χ2v) is 3.07. The van der Waals surface area contributed by atoms with E-state index in [0.717, 1.165) is 5.57 Å². The van der Waals surface area contributed by atoms with Crippen molar-refractivity contribution in [3.05, 3.63) is 30.2 Å². The molecule has 2 atom stereocenters. The van der Waals surface area contributed by atoms with E-state index in [2.05, 4.69) is 6.07 Å². The molecule has 65 valence electrons. The molecule has 0 spiro atoms. The van der Waals surface area contributed by atoms with Crippen LogP contribution in [-0.4, -0.2) is 12.1 Å². The highest BCUT2D eigenvalue weighted by molar-refractivity contribution is 5.73. The normalized spacial score (nSPS) is 31.3. The number of carbonyl (C=O) groups excluding carboxylic acids is 1. The molecule has 1 saturated heterocycles. The fraction of sp³-hybridized carbons (Fsp3) is 0.300. The van der Waals surface area contributed by atoms with Crippen LogP contribution >= 0.6 is 0 Å². The van der Waals surface area contributed by atoms with Crippen molar-refractivity contribution >= 4 is 5.97 Å². The number of nitriles is 1. The predicted molar refractivity (Wildman–Crippen MR) is 45.1 cm³/mol. The molecule has 0 unspecified atom stereocenters. The standard InChI is InChI=1S/C10H8NO2/c11-6-8-5-9(12)13-10(8)7-3-1-2-4-7/h1-4,8,10H,5H2/t8-,10+/m0/s1. The van der Waals surface area contributed by atoms with Gasteiger partial charge in [0.1, 0.15) is 6.10 Å². The molecule has 3 heteroatoms. The van der Waals surface area contributed by atoms with Crippen LogP contribution in [0.5, 0.6) is 0 Å². The van der Waals surface area contributed by atoms with Crippen LogP contribution in [0.25, 0.3) is 0 Å². The zero-order valence-electron chi connectivity index (χ0n) is 6.93. The van der Waals surface area contributed by atoms with Gasteiger partial charge in [0.2, 0.25) is 0 Å². The maximum atomic E-state index is 10.9. The fourth-order valence-electron chi connectivity index (χ4n) is 1.55. The summed E-state index contributed by atoms with van der Waals surface area (Å²) in [6, 6.07) is 2.09. The van der Waals surface area contributed by atoms with Crippen LogP contribution in [0.2, 0.25) is 0 Å². The fourth-order valence-corrected chi connectivity index (χ4v) is 1.55. The molecule has 2 rings (SSSR count). The molecular weight excluding hydrogens is 166 g/mol. The summed E-state index contributed by atoms with van der Waals surface area (Å²) in [4.78, 5) is 10.9. The van der Waals surface area contributed by atoms with E-state index in [1.54, 1.807) is 0 Å². The zero-order valence-corrected chi connectivity index (χ0v) is 6.93. The van der Waals surface area contributed by atoms with Gasteiger partial charge in [-0.3, -0.25) is 4.79 Å². The van der Waals surface area contributed by atoms with Gasteiger partial charge >= 0.3 is 5.97 Å². The summed E-state index contributed by atoms with van der Waals surface area (Å²) < 4.78 is 5.05. The average molecular weight is 174 g/mol. The Morgan fingerprint density at radius 3 is 3.00 bits per heavy atom. The molecule has 1 heterocycles. The minimum Gasteiger partial charge on any atom is -0.456 e. The molecule has 1 aliphatic carbocycles. The van der Waals surface area contributed by atoms with Crippen LogP contribution < -0.4 is 0 Å². The molecule has 0 bridgehead atoms. The van der Waals surface area contributed by atoms with E-state index < -0.39 is 0 Å². The van der Waals surface area contributed by atoms with Gasteiger partial charge in [-0.05, 0) is 5.57 Å². The number of hydrogen-bond donors (Lipinski definition) is 0. The molecule has 0 N–H and O–H groups in total. The molecule has 0 amide bonds. The minimum atomic E-state index is -0.354. The van der Waals surface area contributed by atoms with Crippen LogP contribution in [0.15, 0.2) is 23.8 Å². The van der Waals surface area contributed by atoms with Gasteiger partial charge in [0, 0.05) is 6.42 Å². The van der Waals surface area contributed by atoms with E-state index in [-0.39, 0.29) is 24.4 Å². The van der Waals surface area contributed by atoms with E-state index in [1.165, 1.54) is 0 Å². The Balaban J connectivity index is 2.15. The molecule has 0 saturated carbocycles. The Labute approximate surface area is 76.3 Å². The SMILES string of the molecule is N#C[C@@H]1CC(=O)O[C@@H]1C1=CC=C[CH]1. The largest absolute Gasteiger partial charge is 0.456 e. The molecule has 13 heavy (non-hydrogen) atoms. The molecule has 1 aliphatic heterocycles. The van der Waals surface area contributed by atoms with Crippen LogP contribution in [-0.2, 0) is 9.53 Å². The summed E-state index contributed by atoms with van der Waals surface area (Å²) in [5.74, 6) is -0.604. The van der Waals surface area contributed by atoms with Crippen molar-refractivity contribution in [3.63, 3.8) is 0 Å². The first kappa shape index (κ1) is 8.06. The number of hydrogen-bond acceptors (Lipinski definition) is 3. The van der Waals surface area contributed by atoms with Gasteiger partial charge in [-0.1, -0.05) is 18.2 Å². The third-order valence-corrected chi connectivity index (χ3v) is 2.19. The molecule has 2 aliphatic rings. The summed E-state index contributed by atoms with van der Waals surface area (Å²) in [7, 11) is 0. The number of nitrogens with zero attached hydrogens (tertiary/aromatic N) is 1. The van der Waals surface area contributed by atoms with Gasteiger partial charge in [-0.25, -0.2) is 0 Å². The van der Waals surface area contributed by atoms with Gasteiger partial charge in [0.05, 0.1) is 18.4 Å². The van der Waals surface area contributed by atoms with Crippen molar-refractivity contribution in [1.82, 2.24) is 0 Å². The van der Waals surface area contributed by atoms with E-state index in [4.69, 9.17) is 10.00 Å². The average Bonchev–Trinajstić information content (AvgIpc) is 2.71. The molecule has 3 nitrogen and oxygen atoms in total. The molecule has 1 radical (unpaired) electrons. The Hall–Kier alpha value is -1.56. The lowest BCUT2D eigenvalue weighted by Crippen LogP contribution is -2.16. The van der Waals surface area contributed by atoms with Crippen molar-refractivity contribution in [2.75, 3.05) is 0 Å². The number of ether oxygens (including phenoxy) is 1. The highest BCUT2D eigenvalue weighted by Gasteiger charge is 2.37. The lowest BCUT2D eigenvalue weighted by molar-refractivity contribution is -0.140. The van der Waals surface area contributed by atoms with Crippen molar-refractivity contribution in [2.24, 2.45) is 5.92 Å². The Morgan fingerprint density at radius 1 is 1.54 bits per heavy atom. The number of allylic oxidation sites excluding steroid dienone is 3. The van der Waals surface area contributed by atoms with Crippen LogP contribution in [0.3, 0.4) is 0 Å². The summed E-state index contributed by atoms with van der Waals surface area (Å²) >= 11 is 0. The van der Waals surface area contributed by atoms with Gasteiger partial charge in [-0.2, -0.15) is 5.26 Å². The van der Waals surface area contributed by atoms with E-state index >= 15 is 0 Å². The number of esters is 1. The summed E-state index contributed by atoms with van der Waals surface area (Å²) in [5, 5.41) is 8.77. The minimum absolute atomic E-state index is 0.215. The maximum absolute atomic E-state index is 10.9. The first-order valence-electron chi connectivity index (χ1n) is 4.12. The molecule has 0 aromatic heterocycles. The zero-order chi connectivity index (χ0) is 9.26. The first-order valence-corrected chi connectivity index (χ1v) is 4.12. The highest BCUT2D eigenvalue weighted by Crippen LogP contribution is 2.30. The third kappa shape index (κ3) is 1.35. The summed E-state index contributed by atoms with van der Waals surface area (Å²) in [5.41, 5.74) is 0.914. The van der Waals surface area contributed by atoms with E-state index in [9.17, 15) is 4.79 Å². The Kier molecular flexibility index (Phi) is 1.90.